The van der Waals surface area contributed by atoms with Gasteiger partial charge >= 0.3 is 5.69 Å². The first-order valence-corrected chi connectivity index (χ1v) is 5.91. The lowest BCUT2D eigenvalue weighted by atomic mass is 10.2. The maximum Gasteiger partial charge on any atom is 0.348 e. The second kappa shape index (κ2) is 5.21. The van der Waals surface area contributed by atoms with Crippen LogP contribution in [0.3, 0.4) is 0 Å². The number of hydrogen-bond acceptors (Lipinski definition) is 6. The van der Waals surface area contributed by atoms with Crippen LogP contribution in [0.15, 0.2) is 17.1 Å². The summed E-state index contributed by atoms with van der Waals surface area (Å²) in [4.78, 5) is 17.6. The van der Waals surface area contributed by atoms with Crippen molar-refractivity contribution in [3.8, 4) is 0 Å². The van der Waals surface area contributed by atoms with Crippen molar-refractivity contribution >= 4 is 16.9 Å². The molecule has 0 bridgehead atoms. The van der Waals surface area contributed by atoms with Crippen molar-refractivity contribution < 1.29 is 20.4 Å². The molecule has 1 fully saturated rings. The molecule has 0 amide bonds. The molecule has 0 aromatic carbocycles. The summed E-state index contributed by atoms with van der Waals surface area (Å²) in [5, 5.41) is 19.4. The van der Waals surface area contributed by atoms with E-state index >= 15 is 0 Å². The number of nitrogen functional groups attached to an aromatic ring is 1. The lowest BCUT2D eigenvalue weighted by molar-refractivity contribution is -0.0430. The molecule has 1 saturated heterocycles. The summed E-state index contributed by atoms with van der Waals surface area (Å²) in [6.45, 7) is -0.257. The summed E-state index contributed by atoms with van der Waals surface area (Å²) in [6, 6.07) is 1.72. The number of nitrogens with two attached hydrogens (primary N) is 1. The highest BCUT2D eigenvalue weighted by molar-refractivity contribution is 5.86. The quantitative estimate of drug-likeness (QED) is 0.505. The zero-order valence-corrected chi connectivity index (χ0v) is 10.5. The Bertz CT molecular complexity index is 666. The van der Waals surface area contributed by atoms with Crippen LogP contribution in [0.25, 0.3) is 11.0 Å². The fraction of sp³-hybridized carbons (Fsp3) is 0.455. The first-order valence-electron chi connectivity index (χ1n) is 5.91. The van der Waals surface area contributed by atoms with Gasteiger partial charge in [0.25, 0.3) is 0 Å². The van der Waals surface area contributed by atoms with Gasteiger partial charge < -0.3 is 30.7 Å². The van der Waals surface area contributed by atoms with E-state index in [1.807, 2.05) is 0 Å². The number of anilines is 1. The zero-order chi connectivity index (χ0) is 13.6. The number of hydrogen-bond donors (Lipinski definition) is 4. The Morgan fingerprint density at radius 2 is 2.35 bits per heavy atom. The van der Waals surface area contributed by atoms with Crippen molar-refractivity contribution in [1.29, 1.82) is 0 Å². The average molecular weight is 284 g/mol. The standard InChI is InChI=1S/C11H14N4O4.H2O/c12-9-5-1-2-15(10(5)14-11(18)13-9)8-3-6(17)7(4-16)19-8;/h1-2,6-8,16-17H,3-4H2,(H3,12,13,14,18);1H2/t6-,7+,8+;/m0./s1. The summed E-state index contributed by atoms with van der Waals surface area (Å²) >= 11 is 0. The molecule has 3 heterocycles. The second-order valence-corrected chi connectivity index (χ2v) is 4.53. The van der Waals surface area contributed by atoms with Gasteiger partial charge in [-0.1, -0.05) is 0 Å². The van der Waals surface area contributed by atoms with E-state index < -0.39 is 24.1 Å². The van der Waals surface area contributed by atoms with Crippen molar-refractivity contribution in [2.75, 3.05) is 12.3 Å². The van der Waals surface area contributed by atoms with Crippen LogP contribution in [0.4, 0.5) is 5.82 Å². The molecule has 7 N–H and O–H groups in total. The lowest BCUT2D eigenvalue weighted by Crippen LogP contribution is -2.24. The highest BCUT2D eigenvalue weighted by Crippen LogP contribution is 2.31. The molecule has 2 aromatic heterocycles. The molecular formula is C11H16N4O5. The van der Waals surface area contributed by atoms with Gasteiger partial charge in [0.1, 0.15) is 18.1 Å². The molecule has 0 radical (unpaired) electrons. The van der Waals surface area contributed by atoms with E-state index in [9.17, 15) is 9.90 Å². The molecule has 20 heavy (non-hydrogen) atoms. The van der Waals surface area contributed by atoms with Crippen LogP contribution in [0.5, 0.6) is 0 Å². The average Bonchev–Trinajstić information content (AvgIpc) is 2.92. The molecular weight excluding hydrogens is 268 g/mol. The number of aliphatic hydroxyl groups is 2. The number of ether oxygens (including phenoxy) is 1. The Hall–Kier alpha value is -1.94. The van der Waals surface area contributed by atoms with Crippen molar-refractivity contribution in [2.24, 2.45) is 0 Å². The Labute approximate surface area is 112 Å². The van der Waals surface area contributed by atoms with Crippen molar-refractivity contribution in [2.45, 2.75) is 24.9 Å². The Morgan fingerprint density at radius 3 is 3.00 bits per heavy atom. The molecule has 0 unspecified atom stereocenters. The van der Waals surface area contributed by atoms with Crippen molar-refractivity contribution in [3.05, 3.63) is 22.7 Å². The minimum absolute atomic E-state index is 0. The van der Waals surface area contributed by atoms with Crippen molar-refractivity contribution in [3.63, 3.8) is 0 Å². The Kier molecular flexibility index (Phi) is 3.77. The van der Waals surface area contributed by atoms with E-state index in [-0.39, 0.29) is 17.9 Å². The monoisotopic (exact) mass is 284 g/mol. The van der Waals surface area contributed by atoms with Gasteiger partial charge in [0.15, 0.2) is 5.65 Å². The molecule has 9 heteroatoms. The highest BCUT2D eigenvalue weighted by atomic mass is 16.5. The number of H-pyrrole nitrogens is 1. The lowest BCUT2D eigenvalue weighted by Gasteiger charge is -2.14. The van der Waals surface area contributed by atoms with E-state index in [1.165, 1.54) is 0 Å². The number of rotatable bonds is 2. The Balaban J connectivity index is 0.00000147. The molecule has 0 spiro atoms. The summed E-state index contributed by atoms with van der Waals surface area (Å²) in [6.07, 6.45) is 0.175. The maximum atomic E-state index is 11.4. The number of aliphatic hydroxyl groups excluding tert-OH is 2. The summed E-state index contributed by atoms with van der Waals surface area (Å²) in [7, 11) is 0. The minimum atomic E-state index is -0.744. The van der Waals surface area contributed by atoms with Crippen LogP contribution < -0.4 is 11.4 Å². The molecule has 9 nitrogen and oxygen atoms in total. The third-order valence-corrected chi connectivity index (χ3v) is 3.32. The first-order chi connectivity index (χ1) is 9.10. The topological polar surface area (TPSA) is 158 Å². The molecule has 3 rings (SSSR count). The number of nitrogens with one attached hydrogen (secondary N) is 1. The Morgan fingerprint density at radius 1 is 1.60 bits per heavy atom. The maximum absolute atomic E-state index is 11.4. The van der Waals surface area contributed by atoms with Gasteiger partial charge in [0.2, 0.25) is 0 Å². The second-order valence-electron chi connectivity index (χ2n) is 4.53. The fourth-order valence-corrected chi connectivity index (χ4v) is 2.36. The molecule has 110 valence electrons. The van der Waals surface area contributed by atoms with Crippen molar-refractivity contribution in [1.82, 2.24) is 14.5 Å². The van der Waals surface area contributed by atoms with Crippen LogP contribution in [0.2, 0.25) is 0 Å². The predicted molar refractivity (Wildman–Crippen MR) is 70.0 cm³/mol. The number of nitrogens with zero attached hydrogens (tertiary/aromatic N) is 2. The third-order valence-electron chi connectivity index (χ3n) is 3.32. The van der Waals surface area contributed by atoms with E-state index in [0.717, 1.165) is 0 Å². The number of aromatic amines is 1. The molecule has 0 saturated carbocycles. The van der Waals surface area contributed by atoms with Crippen LogP contribution in [0.1, 0.15) is 12.6 Å². The molecule has 3 atom stereocenters. The van der Waals surface area contributed by atoms with Gasteiger partial charge in [0.05, 0.1) is 18.1 Å². The van der Waals surface area contributed by atoms with Gasteiger partial charge in [-0.05, 0) is 6.07 Å². The molecule has 0 aliphatic carbocycles. The van der Waals surface area contributed by atoms with Crippen LogP contribution >= 0.6 is 0 Å². The molecule has 1 aliphatic heterocycles. The van der Waals surface area contributed by atoms with E-state index in [1.54, 1.807) is 16.8 Å². The number of fused-ring (bicyclic) bond motifs is 1. The predicted octanol–water partition coefficient (Wildman–Crippen LogP) is -1.88. The van der Waals surface area contributed by atoms with Gasteiger partial charge in [-0.2, -0.15) is 4.98 Å². The van der Waals surface area contributed by atoms with Gasteiger partial charge in [0, 0.05) is 12.6 Å². The molecule has 1 aliphatic rings. The van der Waals surface area contributed by atoms with E-state index in [0.29, 0.717) is 17.5 Å². The minimum Gasteiger partial charge on any atom is -0.412 e. The van der Waals surface area contributed by atoms with E-state index in [4.69, 9.17) is 15.6 Å². The normalized spacial score (nSPS) is 25.8. The third kappa shape index (κ3) is 2.16. The van der Waals surface area contributed by atoms with Crippen LogP contribution in [-0.4, -0.2) is 49.0 Å². The summed E-state index contributed by atoms with van der Waals surface area (Å²) in [5.41, 5.74) is 5.57. The SMILES string of the molecule is Nc1[nH]c(=O)nc2c1ccn2[C@H]1C[C@H](O)[C@@H](CO)O1.O. The largest absolute Gasteiger partial charge is 0.412 e. The van der Waals surface area contributed by atoms with Gasteiger partial charge in [-0.15, -0.1) is 0 Å². The van der Waals surface area contributed by atoms with Crippen LogP contribution in [-0.2, 0) is 4.74 Å². The summed E-state index contributed by atoms with van der Waals surface area (Å²) < 4.78 is 7.16. The van der Waals surface area contributed by atoms with Crippen LogP contribution in [0, 0.1) is 0 Å². The van der Waals surface area contributed by atoms with E-state index in [2.05, 4.69) is 9.97 Å². The zero-order valence-electron chi connectivity index (χ0n) is 10.5. The van der Waals surface area contributed by atoms with Gasteiger partial charge in [-0.25, -0.2) is 4.79 Å². The highest BCUT2D eigenvalue weighted by Gasteiger charge is 2.35. The smallest absolute Gasteiger partial charge is 0.348 e. The summed E-state index contributed by atoms with van der Waals surface area (Å²) in [5.74, 6) is 0.242. The first kappa shape index (κ1) is 14.5. The number of aromatic nitrogens is 3. The van der Waals surface area contributed by atoms with Gasteiger partial charge in [-0.3, -0.25) is 4.98 Å². The fourth-order valence-electron chi connectivity index (χ4n) is 2.36. The molecule has 2 aromatic rings.